The van der Waals surface area contributed by atoms with E-state index in [2.05, 4.69) is 22.2 Å². The minimum Gasteiger partial charge on any atom is -0.330 e. The zero-order valence-electron chi connectivity index (χ0n) is 14.2. The number of hydrogen-bond acceptors (Lipinski definition) is 3. The number of aromatic nitrogens is 4. The summed E-state index contributed by atoms with van der Waals surface area (Å²) in [6, 6.07) is 7.84. The smallest absolute Gasteiger partial charge is 0.275 e. The van der Waals surface area contributed by atoms with Crippen LogP contribution in [0, 0.1) is 13.8 Å². The molecule has 0 spiro atoms. The van der Waals surface area contributed by atoms with Crippen molar-refractivity contribution in [2.24, 2.45) is 7.05 Å². The molecule has 0 unspecified atom stereocenters. The normalized spacial score (nSPS) is 17.8. The van der Waals surface area contributed by atoms with E-state index >= 15 is 0 Å². The standard InChI is InChI=1S/C18H21N5O/c1-11-16(12(2)22(3)21-11)15-9-6-10-23(15)18(24)17-13-7-4-5-8-14(13)19-20-17/h4-5,7-8,15H,6,9-10H2,1-3H3,(H,19,20)/t15-/m0/s1. The molecule has 3 heterocycles. The highest BCUT2D eigenvalue weighted by Gasteiger charge is 2.35. The van der Waals surface area contributed by atoms with E-state index in [-0.39, 0.29) is 11.9 Å². The molecule has 1 fully saturated rings. The summed E-state index contributed by atoms with van der Waals surface area (Å²) in [4.78, 5) is 15.1. The number of aromatic amines is 1. The fourth-order valence-electron chi connectivity index (χ4n) is 3.84. The second-order valence-corrected chi connectivity index (χ2v) is 6.48. The monoisotopic (exact) mass is 323 g/mol. The van der Waals surface area contributed by atoms with Crippen LogP contribution in [0.15, 0.2) is 24.3 Å². The number of carbonyl (C=O) groups is 1. The van der Waals surface area contributed by atoms with Crippen molar-refractivity contribution in [2.75, 3.05) is 6.54 Å². The van der Waals surface area contributed by atoms with Crippen LogP contribution in [-0.2, 0) is 7.05 Å². The van der Waals surface area contributed by atoms with Crippen molar-refractivity contribution >= 4 is 16.8 Å². The molecule has 0 aliphatic carbocycles. The molecule has 124 valence electrons. The average Bonchev–Trinajstić information content (AvgIpc) is 3.26. The summed E-state index contributed by atoms with van der Waals surface area (Å²) >= 11 is 0. The number of rotatable bonds is 2. The van der Waals surface area contributed by atoms with E-state index in [0.29, 0.717) is 5.69 Å². The van der Waals surface area contributed by atoms with Gasteiger partial charge in [0, 0.05) is 30.2 Å². The van der Waals surface area contributed by atoms with Crippen molar-refractivity contribution in [3.63, 3.8) is 0 Å². The van der Waals surface area contributed by atoms with Crippen LogP contribution in [0.5, 0.6) is 0 Å². The molecule has 1 N–H and O–H groups in total. The lowest BCUT2D eigenvalue weighted by atomic mass is 10.0. The van der Waals surface area contributed by atoms with Gasteiger partial charge in [-0.2, -0.15) is 10.2 Å². The van der Waals surface area contributed by atoms with Gasteiger partial charge in [0.2, 0.25) is 0 Å². The third kappa shape index (κ3) is 2.13. The van der Waals surface area contributed by atoms with Crippen molar-refractivity contribution in [3.05, 3.63) is 46.9 Å². The van der Waals surface area contributed by atoms with E-state index < -0.39 is 0 Å². The molecule has 1 amide bonds. The second-order valence-electron chi connectivity index (χ2n) is 6.48. The third-order valence-corrected chi connectivity index (χ3v) is 5.08. The molecule has 6 heteroatoms. The lowest BCUT2D eigenvalue weighted by Gasteiger charge is -2.24. The summed E-state index contributed by atoms with van der Waals surface area (Å²) in [5.41, 5.74) is 4.72. The number of hydrogen-bond donors (Lipinski definition) is 1. The van der Waals surface area contributed by atoms with Crippen LogP contribution in [0.2, 0.25) is 0 Å². The van der Waals surface area contributed by atoms with Gasteiger partial charge in [0.25, 0.3) is 5.91 Å². The molecule has 1 aliphatic heterocycles. The number of nitrogens with one attached hydrogen (secondary N) is 1. The number of para-hydroxylation sites is 1. The molecular formula is C18H21N5O. The minimum atomic E-state index is -0.00222. The highest BCUT2D eigenvalue weighted by molar-refractivity contribution is 6.04. The van der Waals surface area contributed by atoms with E-state index in [1.807, 2.05) is 47.8 Å². The van der Waals surface area contributed by atoms with Crippen molar-refractivity contribution in [3.8, 4) is 0 Å². The molecule has 24 heavy (non-hydrogen) atoms. The fourth-order valence-corrected chi connectivity index (χ4v) is 3.84. The molecular weight excluding hydrogens is 302 g/mol. The maximum absolute atomic E-state index is 13.2. The zero-order valence-corrected chi connectivity index (χ0v) is 14.2. The Morgan fingerprint density at radius 2 is 2.08 bits per heavy atom. The van der Waals surface area contributed by atoms with Crippen LogP contribution >= 0.6 is 0 Å². The third-order valence-electron chi connectivity index (χ3n) is 5.08. The maximum Gasteiger partial charge on any atom is 0.275 e. The summed E-state index contributed by atoms with van der Waals surface area (Å²) in [6.07, 6.45) is 1.98. The Balaban J connectivity index is 1.74. The average molecular weight is 323 g/mol. The maximum atomic E-state index is 13.2. The van der Waals surface area contributed by atoms with Crippen LogP contribution in [0.4, 0.5) is 0 Å². The summed E-state index contributed by atoms with van der Waals surface area (Å²) in [7, 11) is 1.95. The van der Waals surface area contributed by atoms with E-state index in [1.54, 1.807) is 0 Å². The highest BCUT2D eigenvalue weighted by atomic mass is 16.2. The first-order chi connectivity index (χ1) is 11.6. The van der Waals surface area contributed by atoms with Crippen LogP contribution in [-0.4, -0.2) is 37.3 Å². The fraction of sp³-hybridized carbons (Fsp3) is 0.389. The van der Waals surface area contributed by atoms with E-state index in [4.69, 9.17) is 0 Å². The molecule has 0 bridgehead atoms. The Morgan fingerprint density at radius 3 is 2.83 bits per heavy atom. The Bertz CT molecular complexity index is 923. The number of H-pyrrole nitrogens is 1. The molecule has 4 rings (SSSR count). The molecule has 6 nitrogen and oxygen atoms in total. The number of aryl methyl sites for hydroxylation is 2. The number of fused-ring (bicyclic) bond motifs is 1. The molecule has 0 saturated carbocycles. The van der Waals surface area contributed by atoms with Crippen LogP contribution in [0.3, 0.4) is 0 Å². The Kier molecular flexibility index (Phi) is 3.40. The minimum absolute atomic E-state index is 0.00222. The molecule has 0 radical (unpaired) electrons. The number of nitrogens with zero attached hydrogens (tertiary/aromatic N) is 4. The predicted octanol–water partition coefficient (Wildman–Crippen LogP) is 2.89. The number of benzene rings is 1. The van der Waals surface area contributed by atoms with Gasteiger partial charge >= 0.3 is 0 Å². The molecule has 1 aromatic carbocycles. The van der Waals surface area contributed by atoms with Crippen LogP contribution < -0.4 is 0 Å². The first-order valence-corrected chi connectivity index (χ1v) is 8.32. The first kappa shape index (κ1) is 14.9. The molecule has 2 aromatic heterocycles. The number of amides is 1. The van der Waals surface area contributed by atoms with Gasteiger partial charge in [0.15, 0.2) is 5.69 Å². The summed E-state index contributed by atoms with van der Waals surface area (Å²) in [6.45, 7) is 4.85. The molecule has 3 aromatic rings. The highest BCUT2D eigenvalue weighted by Crippen LogP contribution is 2.36. The van der Waals surface area contributed by atoms with Gasteiger partial charge in [-0.05, 0) is 32.8 Å². The zero-order chi connectivity index (χ0) is 16.8. The summed E-state index contributed by atoms with van der Waals surface area (Å²) < 4.78 is 1.90. The van der Waals surface area contributed by atoms with Gasteiger partial charge in [-0.3, -0.25) is 14.6 Å². The number of carbonyl (C=O) groups excluding carboxylic acids is 1. The van der Waals surface area contributed by atoms with E-state index in [0.717, 1.165) is 41.7 Å². The van der Waals surface area contributed by atoms with Gasteiger partial charge < -0.3 is 4.90 Å². The Hall–Kier alpha value is -2.63. The van der Waals surface area contributed by atoms with Crippen LogP contribution in [0.1, 0.15) is 46.3 Å². The van der Waals surface area contributed by atoms with Crippen molar-refractivity contribution < 1.29 is 4.79 Å². The van der Waals surface area contributed by atoms with E-state index in [1.165, 1.54) is 5.56 Å². The summed E-state index contributed by atoms with van der Waals surface area (Å²) in [5.74, 6) is -0.00222. The van der Waals surface area contributed by atoms with Crippen molar-refractivity contribution in [1.82, 2.24) is 24.9 Å². The van der Waals surface area contributed by atoms with Gasteiger partial charge in [0.1, 0.15) is 0 Å². The summed E-state index contributed by atoms with van der Waals surface area (Å²) in [5, 5.41) is 12.6. The molecule has 1 atom stereocenters. The largest absolute Gasteiger partial charge is 0.330 e. The second kappa shape index (κ2) is 5.47. The molecule has 1 saturated heterocycles. The Morgan fingerprint density at radius 1 is 1.29 bits per heavy atom. The van der Waals surface area contributed by atoms with Gasteiger partial charge in [0.05, 0.1) is 17.3 Å². The topological polar surface area (TPSA) is 66.8 Å². The van der Waals surface area contributed by atoms with Gasteiger partial charge in [-0.1, -0.05) is 18.2 Å². The predicted molar refractivity (Wildman–Crippen MR) is 91.8 cm³/mol. The molecule has 1 aliphatic rings. The van der Waals surface area contributed by atoms with Crippen molar-refractivity contribution in [2.45, 2.75) is 32.7 Å². The quantitative estimate of drug-likeness (QED) is 0.788. The lowest BCUT2D eigenvalue weighted by molar-refractivity contribution is 0.0731. The first-order valence-electron chi connectivity index (χ1n) is 8.32. The Labute approximate surface area is 140 Å². The van der Waals surface area contributed by atoms with E-state index in [9.17, 15) is 4.79 Å². The van der Waals surface area contributed by atoms with Crippen LogP contribution in [0.25, 0.3) is 10.9 Å². The van der Waals surface area contributed by atoms with Crippen molar-refractivity contribution in [1.29, 1.82) is 0 Å². The lowest BCUT2D eigenvalue weighted by Crippen LogP contribution is -2.31. The van der Waals surface area contributed by atoms with Gasteiger partial charge in [-0.15, -0.1) is 0 Å². The van der Waals surface area contributed by atoms with Gasteiger partial charge in [-0.25, -0.2) is 0 Å². The SMILES string of the molecule is Cc1nn(C)c(C)c1[C@@H]1CCCN1C(=O)c1n[nH]c2ccccc12. The number of likely N-dealkylation sites (tertiary alicyclic amines) is 1.